The molecule has 0 aromatic carbocycles. The SMILES string of the molecule is CC1(C(=O)O)CCCCC1NC(=O)C1CCCCCCC1. The van der Waals surface area contributed by atoms with Crippen LogP contribution in [0.25, 0.3) is 0 Å². The summed E-state index contributed by atoms with van der Waals surface area (Å²) in [4.78, 5) is 24.1. The third kappa shape index (κ3) is 3.98. The van der Waals surface area contributed by atoms with E-state index in [9.17, 15) is 14.7 Å². The van der Waals surface area contributed by atoms with Gasteiger partial charge in [0.25, 0.3) is 0 Å². The van der Waals surface area contributed by atoms with Crippen LogP contribution >= 0.6 is 0 Å². The molecular formula is C17H29NO3. The smallest absolute Gasteiger partial charge is 0.311 e. The van der Waals surface area contributed by atoms with E-state index < -0.39 is 11.4 Å². The van der Waals surface area contributed by atoms with Crippen molar-refractivity contribution in [2.75, 3.05) is 0 Å². The fraction of sp³-hybridized carbons (Fsp3) is 0.882. The Morgan fingerprint density at radius 2 is 1.52 bits per heavy atom. The van der Waals surface area contributed by atoms with Crippen molar-refractivity contribution >= 4 is 11.9 Å². The molecule has 0 aromatic heterocycles. The lowest BCUT2D eigenvalue weighted by molar-refractivity contribution is -0.152. The molecule has 2 aliphatic carbocycles. The van der Waals surface area contributed by atoms with E-state index in [1.807, 2.05) is 0 Å². The summed E-state index contributed by atoms with van der Waals surface area (Å²) >= 11 is 0. The maximum Gasteiger partial charge on any atom is 0.311 e. The van der Waals surface area contributed by atoms with Crippen molar-refractivity contribution in [3.63, 3.8) is 0 Å². The molecule has 0 aliphatic heterocycles. The number of aliphatic carboxylic acids is 1. The number of carboxylic acid groups (broad SMARTS) is 1. The molecule has 120 valence electrons. The van der Waals surface area contributed by atoms with Gasteiger partial charge < -0.3 is 10.4 Å². The van der Waals surface area contributed by atoms with Crippen LogP contribution in [0.15, 0.2) is 0 Å². The minimum Gasteiger partial charge on any atom is -0.481 e. The van der Waals surface area contributed by atoms with Crippen LogP contribution in [0.5, 0.6) is 0 Å². The number of carbonyl (C=O) groups excluding carboxylic acids is 1. The standard InChI is InChI=1S/C17H29NO3/c1-17(16(20)21)12-8-7-11-14(17)18-15(19)13-9-5-3-2-4-6-10-13/h13-14H,2-12H2,1H3,(H,18,19)(H,20,21). The Hall–Kier alpha value is -1.06. The number of hydrogen-bond donors (Lipinski definition) is 2. The van der Waals surface area contributed by atoms with E-state index >= 15 is 0 Å². The van der Waals surface area contributed by atoms with E-state index in [2.05, 4.69) is 5.32 Å². The van der Waals surface area contributed by atoms with Gasteiger partial charge in [0, 0.05) is 12.0 Å². The van der Waals surface area contributed by atoms with Crippen LogP contribution in [0, 0.1) is 11.3 Å². The number of rotatable bonds is 3. The van der Waals surface area contributed by atoms with Gasteiger partial charge in [-0.25, -0.2) is 0 Å². The van der Waals surface area contributed by atoms with Gasteiger partial charge in [0.15, 0.2) is 0 Å². The molecule has 0 aromatic rings. The van der Waals surface area contributed by atoms with E-state index in [4.69, 9.17) is 0 Å². The summed E-state index contributed by atoms with van der Waals surface area (Å²) in [6.07, 6.45) is 11.3. The van der Waals surface area contributed by atoms with Gasteiger partial charge in [-0.15, -0.1) is 0 Å². The molecule has 21 heavy (non-hydrogen) atoms. The highest BCUT2D eigenvalue weighted by Crippen LogP contribution is 2.37. The van der Waals surface area contributed by atoms with Crippen molar-refractivity contribution in [2.45, 2.75) is 83.6 Å². The van der Waals surface area contributed by atoms with Gasteiger partial charge in [0.1, 0.15) is 0 Å². The highest BCUT2D eigenvalue weighted by atomic mass is 16.4. The molecule has 2 saturated carbocycles. The highest BCUT2D eigenvalue weighted by Gasteiger charge is 2.44. The first-order valence-electron chi connectivity index (χ1n) is 8.58. The number of nitrogens with one attached hydrogen (secondary N) is 1. The summed E-state index contributed by atoms with van der Waals surface area (Å²) in [6, 6.07) is -0.207. The van der Waals surface area contributed by atoms with E-state index in [-0.39, 0.29) is 17.9 Å². The van der Waals surface area contributed by atoms with Gasteiger partial charge in [-0.1, -0.05) is 44.9 Å². The van der Waals surface area contributed by atoms with Crippen molar-refractivity contribution in [3.05, 3.63) is 0 Å². The van der Waals surface area contributed by atoms with E-state index in [0.29, 0.717) is 6.42 Å². The lowest BCUT2D eigenvalue weighted by Crippen LogP contribution is -2.53. The molecular weight excluding hydrogens is 266 g/mol. The summed E-state index contributed by atoms with van der Waals surface area (Å²) in [5, 5.41) is 12.6. The first kappa shape index (κ1) is 16.3. The molecule has 4 heteroatoms. The van der Waals surface area contributed by atoms with E-state index in [1.165, 1.54) is 19.3 Å². The minimum absolute atomic E-state index is 0.0882. The first-order chi connectivity index (χ1) is 10.0. The Morgan fingerprint density at radius 1 is 0.952 bits per heavy atom. The van der Waals surface area contributed by atoms with Crippen LogP contribution < -0.4 is 5.32 Å². The third-order valence-electron chi connectivity index (χ3n) is 5.49. The number of carboxylic acids is 1. The van der Waals surface area contributed by atoms with Crippen LogP contribution in [0.1, 0.15) is 77.6 Å². The summed E-state index contributed by atoms with van der Waals surface area (Å²) in [7, 11) is 0. The molecule has 0 saturated heterocycles. The Balaban J connectivity index is 1.97. The molecule has 0 heterocycles. The van der Waals surface area contributed by atoms with Crippen LogP contribution in [-0.2, 0) is 9.59 Å². The zero-order valence-corrected chi connectivity index (χ0v) is 13.2. The molecule has 2 unspecified atom stereocenters. The van der Waals surface area contributed by atoms with Crippen molar-refractivity contribution in [3.8, 4) is 0 Å². The van der Waals surface area contributed by atoms with E-state index in [0.717, 1.165) is 44.9 Å². The quantitative estimate of drug-likeness (QED) is 0.837. The fourth-order valence-corrected chi connectivity index (χ4v) is 3.83. The lowest BCUT2D eigenvalue weighted by atomic mass is 9.71. The molecule has 1 amide bonds. The number of amides is 1. The molecule has 0 radical (unpaired) electrons. The van der Waals surface area contributed by atoms with Crippen LogP contribution in [-0.4, -0.2) is 23.0 Å². The second-order valence-electron chi connectivity index (χ2n) is 7.07. The summed E-state index contributed by atoms with van der Waals surface area (Å²) in [5.41, 5.74) is -0.796. The second kappa shape index (κ2) is 7.28. The monoisotopic (exact) mass is 295 g/mol. The fourth-order valence-electron chi connectivity index (χ4n) is 3.83. The van der Waals surface area contributed by atoms with Crippen molar-refractivity contribution in [2.24, 2.45) is 11.3 Å². The van der Waals surface area contributed by atoms with Gasteiger partial charge in [0.2, 0.25) is 5.91 Å². The largest absolute Gasteiger partial charge is 0.481 e. The average molecular weight is 295 g/mol. The van der Waals surface area contributed by atoms with E-state index in [1.54, 1.807) is 6.92 Å². The Labute approximate surface area is 127 Å². The summed E-state index contributed by atoms with van der Waals surface area (Å²) < 4.78 is 0. The van der Waals surface area contributed by atoms with Crippen LogP contribution in [0.2, 0.25) is 0 Å². The molecule has 0 bridgehead atoms. The Morgan fingerprint density at radius 3 is 2.14 bits per heavy atom. The molecule has 2 fully saturated rings. The maximum absolute atomic E-state index is 12.5. The topological polar surface area (TPSA) is 66.4 Å². The molecule has 4 nitrogen and oxygen atoms in total. The van der Waals surface area contributed by atoms with Crippen molar-refractivity contribution < 1.29 is 14.7 Å². The molecule has 0 spiro atoms. The molecule has 2 aliphatic rings. The molecule has 2 N–H and O–H groups in total. The molecule has 2 rings (SSSR count). The van der Waals surface area contributed by atoms with Gasteiger partial charge in [0.05, 0.1) is 5.41 Å². The second-order valence-corrected chi connectivity index (χ2v) is 7.07. The minimum atomic E-state index is -0.796. The average Bonchev–Trinajstić information content (AvgIpc) is 2.40. The maximum atomic E-state index is 12.5. The third-order valence-corrected chi connectivity index (χ3v) is 5.49. The number of hydrogen-bond acceptors (Lipinski definition) is 2. The van der Waals surface area contributed by atoms with Crippen LogP contribution in [0.3, 0.4) is 0 Å². The Kier molecular flexibility index (Phi) is 5.65. The summed E-state index contributed by atoms with van der Waals surface area (Å²) in [6.45, 7) is 1.79. The van der Waals surface area contributed by atoms with Crippen molar-refractivity contribution in [1.82, 2.24) is 5.32 Å². The van der Waals surface area contributed by atoms with Crippen molar-refractivity contribution in [1.29, 1.82) is 0 Å². The van der Waals surface area contributed by atoms with Gasteiger partial charge in [-0.3, -0.25) is 9.59 Å². The number of carbonyl (C=O) groups is 2. The lowest BCUT2D eigenvalue weighted by Gasteiger charge is -2.39. The zero-order valence-electron chi connectivity index (χ0n) is 13.2. The normalized spacial score (nSPS) is 32.0. The van der Waals surface area contributed by atoms with Gasteiger partial charge in [-0.2, -0.15) is 0 Å². The first-order valence-corrected chi connectivity index (χ1v) is 8.58. The highest BCUT2D eigenvalue weighted by molar-refractivity contribution is 5.81. The summed E-state index contributed by atoms with van der Waals surface area (Å²) in [5.74, 6) is -0.591. The predicted octanol–water partition coefficient (Wildman–Crippen LogP) is 3.50. The van der Waals surface area contributed by atoms with Gasteiger partial charge >= 0.3 is 5.97 Å². The van der Waals surface area contributed by atoms with Gasteiger partial charge in [-0.05, 0) is 32.6 Å². The van der Waals surface area contributed by atoms with Crippen LogP contribution in [0.4, 0.5) is 0 Å². The Bertz CT molecular complexity index is 374. The predicted molar refractivity (Wildman–Crippen MR) is 82.0 cm³/mol. The molecule has 2 atom stereocenters. The zero-order chi connectivity index (χ0) is 15.3.